The van der Waals surface area contributed by atoms with Crippen LogP contribution in [0.1, 0.15) is 24.5 Å². The van der Waals surface area contributed by atoms with Gasteiger partial charge in [0.1, 0.15) is 11.6 Å². The first-order valence-corrected chi connectivity index (χ1v) is 7.60. The number of benzene rings is 2. The van der Waals surface area contributed by atoms with Gasteiger partial charge < -0.3 is 15.7 Å². The van der Waals surface area contributed by atoms with Crippen LogP contribution in [-0.2, 0) is 13.0 Å². The van der Waals surface area contributed by atoms with E-state index in [0.29, 0.717) is 5.56 Å². The van der Waals surface area contributed by atoms with Crippen LogP contribution in [0.15, 0.2) is 48.5 Å². The summed E-state index contributed by atoms with van der Waals surface area (Å²) in [5, 5.41) is 14.7. The summed E-state index contributed by atoms with van der Waals surface area (Å²) < 4.78 is 13.4. The van der Waals surface area contributed by atoms with Crippen LogP contribution >= 0.6 is 0 Å². The molecule has 2 aromatic rings. The topological polar surface area (TPSA) is 61.4 Å². The Morgan fingerprint density at radius 3 is 2.57 bits per heavy atom. The second kappa shape index (κ2) is 8.17. The number of halogens is 1. The maximum atomic E-state index is 13.4. The minimum atomic E-state index is -0.326. The van der Waals surface area contributed by atoms with Crippen LogP contribution in [0.4, 0.5) is 9.18 Å². The van der Waals surface area contributed by atoms with Crippen molar-refractivity contribution in [2.45, 2.75) is 32.4 Å². The number of aromatic hydroxyl groups is 1. The molecule has 2 amide bonds. The third-order valence-electron chi connectivity index (χ3n) is 3.58. The molecule has 1 unspecified atom stereocenters. The van der Waals surface area contributed by atoms with Crippen LogP contribution in [0.3, 0.4) is 0 Å². The van der Waals surface area contributed by atoms with E-state index >= 15 is 0 Å². The molecule has 0 radical (unpaired) electrons. The molecule has 2 aromatic carbocycles. The maximum absolute atomic E-state index is 13.4. The fourth-order valence-corrected chi connectivity index (χ4v) is 2.21. The fourth-order valence-electron chi connectivity index (χ4n) is 2.21. The second-order valence-corrected chi connectivity index (χ2v) is 5.52. The number of hydrogen-bond acceptors (Lipinski definition) is 2. The zero-order chi connectivity index (χ0) is 16.7. The minimum Gasteiger partial charge on any atom is -0.508 e. The monoisotopic (exact) mass is 316 g/mol. The first-order valence-electron chi connectivity index (χ1n) is 7.60. The summed E-state index contributed by atoms with van der Waals surface area (Å²) in [7, 11) is 0. The zero-order valence-corrected chi connectivity index (χ0v) is 13.1. The van der Waals surface area contributed by atoms with Crippen molar-refractivity contribution in [2.75, 3.05) is 0 Å². The van der Waals surface area contributed by atoms with E-state index in [1.165, 1.54) is 6.07 Å². The molecule has 122 valence electrons. The standard InChI is InChI=1S/C18H21FN2O2/c1-13(6-7-14-8-10-16(22)11-9-14)21-18(23)20-12-15-4-2-3-5-17(15)19/h2-5,8-11,13,22H,6-7,12H2,1H3,(H2,20,21,23). The number of urea groups is 1. The molecule has 0 aliphatic rings. The number of amides is 2. The van der Waals surface area contributed by atoms with E-state index in [1.54, 1.807) is 30.3 Å². The second-order valence-electron chi connectivity index (χ2n) is 5.52. The number of carbonyl (C=O) groups is 1. The predicted molar refractivity (Wildman–Crippen MR) is 87.7 cm³/mol. The molecule has 0 bridgehead atoms. The van der Waals surface area contributed by atoms with Gasteiger partial charge in [0, 0.05) is 18.2 Å². The van der Waals surface area contributed by atoms with E-state index in [9.17, 15) is 14.3 Å². The lowest BCUT2D eigenvalue weighted by Crippen LogP contribution is -2.40. The van der Waals surface area contributed by atoms with Gasteiger partial charge in [0.25, 0.3) is 0 Å². The number of phenols is 1. The average molecular weight is 316 g/mol. The normalized spacial score (nSPS) is 11.7. The Bertz CT molecular complexity index is 644. The first kappa shape index (κ1) is 16.8. The molecule has 4 nitrogen and oxygen atoms in total. The van der Waals surface area contributed by atoms with Crippen molar-refractivity contribution in [2.24, 2.45) is 0 Å². The Balaban J connectivity index is 1.72. The lowest BCUT2D eigenvalue weighted by molar-refractivity contribution is 0.236. The van der Waals surface area contributed by atoms with Crippen molar-refractivity contribution in [1.29, 1.82) is 0 Å². The molecule has 5 heteroatoms. The van der Waals surface area contributed by atoms with Crippen LogP contribution in [0.5, 0.6) is 5.75 Å². The maximum Gasteiger partial charge on any atom is 0.315 e. The van der Waals surface area contributed by atoms with Crippen molar-refractivity contribution in [3.05, 3.63) is 65.5 Å². The van der Waals surface area contributed by atoms with E-state index in [-0.39, 0.29) is 30.2 Å². The number of aryl methyl sites for hydroxylation is 1. The largest absolute Gasteiger partial charge is 0.508 e. The highest BCUT2D eigenvalue weighted by atomic mass is 19.1. The van der Waals surface area contributed by atoms with Gasteiger partial charge in [-0.25, -0.2) is 9.18 Å². The van der Waals surface area contributed by atoms with Gasteiger partial charge in [-0.3, -0.25) is 0 Å². The van der Waals surface area contributed by atoms with Crippen LogP contribution in [0.2, 0.25) is 0 Å². The number of nitrogens with one attached hydrogen (secondary N) is 2. The molecule has 23 heavy (non-hydrogen) atoms. The van der Waals surface area contributed by atoms with Crippen molar-refractivity contribution >= 4 is 6.03 Å². The van der Waals surface area contributed by atoms with Crippen LogP contribution in [0, 0.1) is 5.82 Å². The summed E-state index contributed by atoms with van der Waals surface area (Å²) in [6.07, 6.45) is 1.58. The van der Waals surface area contributed by atoms with Gasteiger partial charge in [0.05, 0.1) is 0 Å². The summed E-state index contributed by atoms with van der Waals surface area (Å²) in [6, 6.07) is 13.1. The average Bonchev–Trinajstić information content (AvgIpc) is 2.53. The Morgan fingerprint density at radius 1 is 1.17 bits per heavy atom. The molecule has 3 N–H and O–H groups in total. The minimum absolute atomic E-state index is 0.00979. The molecule has 2 rings (SSSR count). The van der Waals surface area contributed by atoms with Crippen LogP contribution in [0.25, 0.3) is 0 Å². The molecule has 0 spiro atoms. The molecule has 0 heterocycles. The molecule has 0 aliphatic carbocycles. The Labute approximate surface area is 135 Å². The van der Waals surface area contributed by atoms with Gasteiger partial charge in [0.2, 0.25) is 0 Å². The SMILES string of the molecule is CC(CCc1ccc(O)cc1)NC(=O)NCc1ccccc1F. The van der Waals surface area contributed by atoms with Gasteiger partial charge in [-0.2, -0.15) is 0 Å². The molecular formula is C18H21FN2O2. The highest BCUT2D eigenvalue weighted by Crippen LogP contribution is 2.12. The van der Waals surface area contributed by atoms with Gasteiger partial charge >= 0.3 is 6.03 Å². The number of phenolic OH excluding ortho intramolecular Hbond substituents is 1. The van der Waals surface area contributed by atoms with E-state index in [1.807, 2.05) is 19.1 Å². The lowest BCUT2D eigenvalue weighted by Gasteiger charge is -2.15. The summed E-state index contributed by atoms with van der Waals surface area (Å²) in [5.41, 5.74) is 1.56. The first-order chi connectivity index (χ1) is 11.0. The molecule has 0 saturated heterocycles. The van der Waals surface area contributed by atoms with Crippen molar-refractivity contribution < 1.29 is 14.3 Å². The highest BCUT2D eigenvalue weighted by Gasteiger charge is 2.08. The fraction of sp³-hybridized carbons (Fsp3) is 0.278. The molecule has 1 atom stereocenters. The molecule has 0 aliphatic heterocycles. The smallest absolute Gasteiger partial charge is 0.315 e. The Kier molecular flexibility index (Phi) is 5.97. The number of carbonyl (C=O) groups excluding carboxylic acids is 1. The zero-order valence-electron chi connectivity index (χ0n) is 13.1. The quantitative estimate of drug-likeness (QED) is 0.765. The van der Waals surface area contributed by atoms with Crippen molar-refractivity contribution in [1.82, 2.24) is 10.6 Å². The lowest BCUT2D eigenvalue weighted by atomic mass is 10.1. The summed E-state index contributed by atoms with van der Waals surface area (Å²) in [5.74, 6) is -0.0828. The summed E-state index contributed by atoms with van der Waals surface area (Å²) in [6.45, 7) is 2.08. The summed E-state index contributed by atoms with van der Waals surface area (Å²) in [4.78, 5) is 11.8. The van der Waals surface area contributed by atoms with E-state index in [4.69, 9.17) is 0 Å². The molecule has 0 saturated carbocycles. The Hall–Kier alpha value is -2.56. The van der Waals surface area contributed by atoms with E-state index in [2.05, 4.69) is 10.6 Å². The van der Waals surface area contributed by atoms with E-state index < -0.39 is 0 Å². The molecule has 0 fully saturated rings. The molecular weight excluding hydrogens is 295 g/mol. The molecule has 0 aromatic heterocycles. The van der Waals surface area contributed by atoms with Crippen LogP contribution in [-0.4, -0.2) is 17.2 Å². The van der Waals surface area contributed by atoms with E-state index in [0.717, 1.165) is 18.4 Å². The predicted octanol–water partition coefficient (Wildman–Crippen LogP) is 3.35. The summed E-state index contributed by atoms with van der Waals surface area (Å²) >= 11 is 0. The van der Waals surface area contributed by atoms with Gasteiger partial charge in [-0.15, -0.1) is 0 Å². The van der Waals surface area contributed by atoms with Gasteiger partial charge in [0.15, 0.2) is 0 Å². The Morgan fingerprint density at radius 2 is 1.87 bits per heavy atom. The van der Waals surface area contributed by atoms with Gasteiger partial charge in [-0.05, 0) is 43.5 Å². The van der Waals surface area contributed by atoms with Crippen molar-refractivity contribution in [3.8, 4) is 5.75 Å². The number of hydrogen-bond donors (Lipinski definition) is 3. The third-order valence-corrected chi connectivity index (χ3v) is 3.58. The van der Waals surface area contributed by atoms with Gasteiger partial charge in [-0.1, -0.05) is 30.3 Å². The number of rotatable bonds is 6. The van der Waals surface area contributed by atoms with Crippen molar-refractivity contribution in [3.63, 3.8) is 0 Å². The third kappa shape index (κ3) is 5.62. The highest BCUT2D eigenvalue weighted by molar-refractivity contribution is 5.74. The van der Waals surface area contributed by atoms with Crippen LogP contribution < -0.4 is 10.6 Å².